The van der Waals surface area contributed by atoms with E-state index in [1.807, 2.05) is 13.8 Å². The molecule has 0 aliphatic heterocycles. The Labute approximate surface area is 121 Å². The summed E-state index contributed by atoms with van der Waals surface area (Å²) in [6, 6.07) is 1.55. The van der Waals surface area contributed by atoms with E-state index in [2.05, 4.69) is 10.3 Å². The third kappa shape index (κ3) is 2.58. The number of amides is 1. The first-order valence-corrected chi connectivity index (χ1v) is 6.73. The van der Waals surface area contributed by atoms with Crippen LogP contribution < -0.4 is 16.6 Å². The quantitative estimate of drug-likeness (QED) is 0.897. The van der Waals surface area contributed by atoms with Crippen LogP contribution in [0.5, 0.6) is 0 Å². The third-order valence-electron chi connectivity index (χ3n) is 3.62. The monoisotopic (exact) mass is 290 g/mol. The number of rotatable bonds is 3. The fourth-order valence-corrected chi connectivity index (χ4v) is 1.98. The molecule has 1 N–H and O–H groups in total. The predicted molar refractivity (Wildman–Crippen MR) is 80.3 cm³/mol. The number of aromatic nitrogens is 3. The molecule has 0 aromatic carbocycles. The summed E-state index contributed by atoms with van der Waals surface area (Å²) in [6.45, 7) is 3.75. The molecule has 21 heavy (non-hydrogen) atoms. The first-order valence-electron chi connectivity index (χ1n) is 6.73. The average Bonchev–Trinajstić information content (AvgIpc) is 2.49. The Morgan fingerprint density at radius 3 is 2.62 bits per heavy atom. The molecule has 7 nitrogen and oxygen atoms in total. The van der Waals surface area contributed by atoms with Crippen LogP contribution in [0.1, 0.15) is 20.3 Å². The Morgan fingerprint density at radius 2 is 2.00 bits per heavy atom. The number of carbonyl (C=O) groups excluding carboxylic acids is 1. The molecule has 7 heteroatoms. The molecule has 0 spiro atoms. The number of nitrogens with zero attached hydrogens (tertiary/aromatic N) is 3. The van der Waals surface area contributed by atoms with Gasteiger partial charge in [0.2, 0.25) is 5.91 Å². The van der Waals surface area contributed by atoms with E-state index in [0.29, 0.717) is 16.7 Å². The lowest BCUT2D eigenvalue weighted by Gasteiger charge is -2.11. The zero-order chi connectivity index (χ0) is 15.7. The lowest BCUT2D eigenvalue weighted by Crippen LogP contribution is -2.37. The van der Waals surface area contributed by atoms with Gasteiger partial charge in [-0.3, -0.25) is 18.7 Å². The van der Waals surface area contributed by atoms with Crippen LogP contribution in [0.3, 0.4) is 0 Å². The molecule has 112 valence electrons. The fourth-order valence-electron chi connectivity index (χ4n) is 1.98. The number of nitrogens with one attached hydrogen (secondary N) is 1. The van der Waals surface area contributed by atoms with E-state index in [-0.39, 0.29) is 11.8 Å². The van der Waals surface area contributed by atoms with Crippen molar-refractivity contribution >= 4 is 22.6 Å². The van der Waals surface area contributed by atoms with E-state index in [1.165, 1.54) is 17.8 Å². The first-order chi connectivity index (χ1) is 9.86. The number of carbonyl (C=O) groups is 1. The summed E-state index contributed by atoms with van der Waals surface area (Å²) in [7, 11) is 2.96. The zero-order valence-electron chi connectivity index (χ0n) is 12.5. The molecule has 0 bridgehead atoms. The Balaban J connectivity index is 2.55. The third-order valence-corrected chi connectivity index (χ3v) is 3.62. The van der Waals surface area contributed by atoms with Crippen LogP contribution in [0.2, 0.25) is 0 Å². The van der Waals surface area contributed by atoms with Crippen LogP contribution in [-0.4, -0.2) is 20.0 Å². The van der Waals surface area contributed by atoms with Crippen molar-refractivity contribution < 1.29 is 4.79 Å². The molecular weight excluding hydrogens is 272 g/mol. The van der Waals surface area contributed by atoms with Crippen LogP contribution in [0.15, 0.2) is 21.9 Å². The van der Waals surface area contributed by atoms with Crippen LogP contribution in [0.4, 0.5) is 5.69 Å². The van der Waals surface area contributed by atoms with Crippen LogP contribution in [-0.2, 0) is 18.9 Å². The highest BCUT2D eigenvalue weighted by Crippen LogP contribution is 2.13. The van der Waals surface area contributed by atoms with Gasteiger partial charge in [0.15, 0.2) is 0 Å². The van der Waals surface area contributed by atoms with Crippen LogP contribution >= 0.6 is 0 Å². The van der Waals surface area contributed by atoms with Gasteiger partial charge in [0, 0.05) is 20.0 Å². The molecule has 2 aromatic rings. The maximum atomic E-state index is 12.1. The minimum absolute atomic E-state index is 0.122. The SMILES string of the molecule is CCC(C)C(=O)Nc1cnc2c(c1)c(=O)n(C)c(=O)n2C. The van der Waals surface area contributed by atoms with Crippen molar-refractivity contribution in [3.8, 4) is 0 Å². The summed E-state index contributed by atoms with van der Waals surface area (Å²) in [5.74, 6) is -0.246. The molecular formula is C14H18N4O3. The second-order valence-electron chi connectivity index (χ2n) is 5.10. The molecule has 0 aliphatic rings. The number of hydrogen-bond donors (Lipinski definition) is 1. The standard InChI is InChI=1S/C14H18N4O3/c1-5-8(2)12(19)16-9-6-10-11(15-7-9)17(3)14(21)18(4)13(10)20/h6-8H,5H2,1-4H3,(H,16,19). The highest BCUT2D eigenvalue weighted by molar-refractivity contribution is 5.93. The normalized spacial score (nSPS) is 12.4. The number of anilines is 1. The van der Waals surface area contributed by atoms with Crippen molar-refractivity contribution in [3.05, 3.63) is 33.1 Å². The van der Waals surface area contributed by atoms with E-state index in [0.717, 1.165) is 11.0 Å². The highest BCUT2D eigenvalue weighted by atomic mass is 16.2. The van der Waals surface area contributed by atoms with Gasteiger partial charge in [0.05, 0.1) is 17.3 Å². The number of pyridine rings is 1. The maximum absolute atomic E-state index is 12.1. The molecule has 1 amide bonds. The van der Waals surface area contributed by atoms with E-state index in [1.54, 1.807) is 13.1 Å². The molecule has 0 saturated heterocycles. The predicted octanol–water partition coefficient (Wildman–Crippen LogP) is 0.617. The molecule has 1 unspecified atom stereocenters. The maximum Gasteiger partial charge on any atom is 0.332 e. The number of aryl methyl sites for hydroxylation is 1. The summed E-state index contributed by atoms with van der Waals surface area (Å²) in [5.41, 5.74) is -0.121. The average molecular weight is 290 g/mol. The Morgan fingerprint density at radius 1 is 1.33 bits per heavy atom. The van der Waals surface area contributed by atoms with Gasteiger partial charge in [-0.15, -0.1) is 0 Å². The smallest absolute Gasteiger partial charge is 0.324 e. The van der Waals surface area contributed by atoms with Gasteiger partial charge in [0.25, 0.3) is 5.56 Å². The molecule has 0 aliphatic carbocycles. The molecule has 0 fully saturated rings. The number of hydrogen-bond acceptors (Lipinski definition) is 4. The molecule has 0 saturated carbocycles. The Kier molecular flexibility index (Phi) is 3.93. The van der Waals surface area contributed by atoms with E-state index >= 15 is 0 Å². The topological polar surface area (TPSA) is 86.0 Å². The summed E-state index contributed by atoms with van der Waals surface area (Å²) < 4.78 is 2.32. The van der Waals surface area contributed by atoms with Gasteiger partial charge in [-0.25, -0.2) is 9.78 Å². The van der Waals surface area contributed by atoms with Crippen molar-refractivity contribution in [2.45, 2.75) is 20.3 Å². The van der Waals surface area contributed by atoms with Crippen molar-refractivity contribution in [2.24, 2.45) is 20.0 Å². The van der Waals surface area contributed by atoms with Gasteiger partial charge in [-0.2, -0.15) is 0 Å². The van der Waals surface area contributed by atoms with Crippen LogP contribution in [0, 0.1) is 5.92 Å². The molecule has 1 atom stereocenters. The minimum atomic E-state index is -0.434. The van der Waals surface area contributed by atoms with Gasteiger partial charge in [-0.1, -0.05) is 13.8 Å². The van der Waals surface area contributed by atoms with Gasteiger partial charge in [0.1, 0.15) is 5.65 Å². The lowest BCUT2D eigenvalue weighted by atomic mass is 10.1. The summed E-state index contributed by atoms with van der Waals surface area (Å²) >= 11 is 0. The second kappa shape index (κ2) is 5.51. The van der Waals surface area contributed by atoms with Crippen LogP contribution in [0.25, 0.3) is 11.0 Å². The van der Waals surface area contributed by atoms with Gasteiger partial charge in [-0.05, 0) is 12.5 Å². The van der Waals surface area contributed by atoms with Crippen molar-refractivity contribution in [2.75, 3.05) is 5.32 Å². The molecule has 2 heterocycles. The van der Waals surface area contributed by atoms with E-state index in [4.69, 9.17) is 0 Å². The second-order valence-corrected chi connectivity index (χ2v) is 5.10. The molecule has 2 rings (SSSR count). The minimum Gasteiger partial charge on any atom is -0.324 e. The largest absolute Gasteiger partial charge is 0.332 e. The fraction of sp³-hybridized carbons (Fsp3) is 0.429. The molecule has 2 aromatic heterocycles. The van der Waals surface area contributed by atoms with Crippen molar-refractivity contribution in [1.82, 2.24) is 14.1 Å². The summed E-state index contributed by atoms with van der Waals surface area (Å²) in [4.78, 5) is 39.9. The first kappa shape index (κ1) is 15.0. The van der Waals surface area contributed by atoms with Crippen molar-refractivity contribution in [1.29, 1.82) is 0 Å². The molecule has 0 radical (unpaired) electrons. The summed E-state index contributed by atoms with van der Waals surface area (Å²) in [6.07, 6.45) is 2.17. The summed E-state index contributed by atoms with van der Waals surface area (Å²) in [5, 5.41) is 3.02. The number of fused-ring (bicyclic) bond motifs is 1. The Hall–Kier alpha value is -2.44. The van der Waals surface area contributed by atoms with E-state index in [9.17, 15) is 14.4 Å². The van der Waals surface area contributed by atoms with Gasteiger partial charge >= 0.3 is 5.69 Å². The van der Waals surface area contributed by atoms with Crippen molar-refractivity contribution in [3.63, 3.8) is 0 Å². The Bertz CT molecular complexity index is 819. The zero-order valence-corrected chi connectivity index (χ0v) is 12.5. The highest BCUT2D eigenvalue weighted by Gasteiger charge is 2.13. The lowest BCUT2D eigenvalue weighted by molar-refractivity contribution is -0.119. The van der Waals surface area contributed by atoms with E-state index < -0.39 is 11.2 Å². The van der Waals surface area contributed by atoms with Gasteiger partial charge < -0.3 is 5.32 Å².